The van der Waals surface area contributed by atoms with Crippen molar-refractivity contribution in [2.45, 2.75) is 152 Å². The number of carbonyl (C=O) groups excluding carboxylic acids is 2. The van der Waals surface area contributed by atoms with Gasteiger partial charge in [0, 0.05) is 11.6 Å². The van der Waals surface area contributed by atoms with Crippen LogP contribution in [0.25, 0.3) is 41.0 Å². The van der Waals surface area contributed by atoms with Crippen molar-refractivity contribution in [3.05, 3.63) is 95.4 Å². The van der Waals surface area contributed by atoms with Crippen molar-refractivity contribution in [2.75, 3.05) is 13.7 Å². The van der Waals surface area contributed by atoms with Gasteiger partial charge in [-0.05, 0) is 94.6 Å². The Labute approximate surface area is 404 Å². The second-order valence-corrected chi connectivity index (χ2v) is 19.6. The molecular weight excluding hydrogens is 821 g/mol. The second kappa shape index (κ2) is 23.0. The zero-order valence-corrected chi connectivity index (χ0v) is 42.8. The molecular formula is C55H74MgN4O5-2. The number of aliphatic hydroxyl groups is 1. The molecule has 6 rings (SSSR count). The molecule has 0 amide bonds. The van der Waals surface area contributed by atoms with E-state index in [1.807, 2.05) is 44.2 Å². The molecule has 10 heteroatoms. The van der Waals surface area contributed by atoms with Gasteiger partial charge in [-0.3, -0.25) is 9.59 Å². The van der Waals surface area contributed by atoms with E-state index in [0.29, 0.717) is 28.3 Å². The number of rotatable bonds is 20. The minimum atomic E-state index is -1.07. The van der Waals surface area contributed by atoms with Crippen LogP contribution in [0.1, 0.15) is 164 Å². The zero-order chi connectivity index (χ0) is 46.4. The molecule has 2 aliphatic heterocycles. The van der Waals surface area contributed by atoms with Crippen molar-refractivity contribution in [3.63, 3.8) is 0 Å². The third-order valence-corrected chi connectivity index (χ3v) is 14.5. The van der Waals surface area contributed by atoms with Crippen LogP contribution in [-0.2, 0) is 25.5 Å². The fourth-order valence-corrected chi connectivity index (χ4v) is 10.4. The van der Waals surface area contributed by atoms with Crippen LogP contribution >= 0.6 is 0 Å². The van der Waals surface area contributed by atoms with Gasteiger partial charge in [0.2, 0.25) is 0 Å². The van der Waals surface area contributed by atoms with Crippen LogP contribution in [0.15, 0.2) is 23.9 Å². The number of methoxy groups -OCH3 is 1. The van der Waals surface area contributed by atoms with E-state index in [0.717, 1.165) is 92.6 Å². The molecule has 1 N–H and O–H groups in total. The van der Waals surface area contributed by atoms with Gasteiger partial charge in [-0.1, -0.05) is 157 Å². The largest absolute Gasteiger partial charge is 2.00 e. The number of fused-ring (bicyclic) bond motifs is 8. The van der Waals surface area contributed by atoms with Crippen LogP contribution in [0.5, 0.6) is 0 Å². The third-order valence-electron chi connectivity index (χ3n) is 14.5. The van der Waals surface area contributed by atoms with E-state index in [4.69, 9.17) is 29.7 Å². The van der Waals surface area contributed by atoms with E-state index >= 15 is 0 Å². The number of hydrogen-bond donors (Lipinski definition) is 1. The Kier molecular flexibility index (Phi) is 18.4. The Morgan fingerprint density at radius 3 is 2.14 bits per heavy atom. The molecule has 1 fully saturated rings. The number of nitrogens with zero attached hydrogens (tertiary/aromatic N) is 4. The van der Waals surface area contributed by atoms with Crippen LogP contribution in [0.4, 0.5) is 0 Å². The number of allylic oxidation sites excluding steroid dienone is 2. The van der Waals surface area contributed by atoms with E-state index in [2.05, 4.69) is 62.0 Å². The van der Waals surface area contributed by atoms with Crippen molar-refractivity contribution in [1.82, 2.24) is 15.0 Å². The monoisotopic (exact) mass is 895 g/mol. The van der Waals surface area contributed by atoms with E-state index in [-0.39, 0.29) is 59.6 Å². The summed E-state index contributed by atoms with van der Waals surface area (Å²) < 4.78 is 11.1. The second-order valence-electron chi connectivity index (χ2n) is 19.6. The topological polar surface area (TPSA) is 129 Å². The van der Waals surface area contributed by atoms with E-state index in [1.165, 1.54) is 57.6 Å². The van der Waals surface area contributed by atoms with E-state index < -0.39 is 17.9 Å². The summed E-state index contributed by atoms with van der Waals surface area (Å²) in [5, 5.41) is 20.0. The number of hydrogen-bond acceptors (Lipinski definition) is 5. The molecule has 348 valence electrons. The Balaban J connectivity index is 0.00000793. The summed E-state index contributed by atoms with van der Waals surface area (Å²) in [6.45, 7) is 26.2. The summed E-state index contributed by atoms with van der Waals surface area (Å²) >= 11 is 0. The Morgan fingerprint density at radius 1 is 0.846 bits per heavy atom. The molecule has 1 saturated heterocycles. The molecule has 3 aliphatic rings. The number of carbonyl (C=O) groups is 2. The average molecular weight is 896 g/mol. The predicted octanol–water partition coefficient (Wildman–Crippen LogP) is 8.66. The first-order valence-electron chi connectivity index (χ1n) is 24.2. The maximum absolute atomic E-state index is 13.6. The summed E-state index contributed by atoms with van der Waals surface area (Å²) in [6, 6.07) is -0.573. The molecule has 0 saturated carbocycles. The minimum Gasteiger partial charge on any atom is -0.681 e. The summed E-state index contributed by atoms with van der Waals surface area (Å²) in [5.41, 5.74) is 9.73. The smallest absolute Gasteiger partial charge is 0.681 e. The standard InChI is InChI=1S/C55H74N4O5.Mg/c1-13-39-35(8)42-28-44-37(10)41(24-25-48(60)64-27-26-34(7)23-17-22-33(6)21-16-20-32(5)19-15-18-31(3)4)52(58-44)50-51(55(62)63-12)54(61)49-38(11)45(59-53(49)50)30-47-40(14-2)36(9)43(57-47)29-46(39)56-42;/h13,26,28-33,37,41,51-52,61H,1,14-25,27H2,2-12H3;/q-4;+2/b34-26+,43-29-,44-28-,47-30-;/t32-,33-,37+,41+,51-,52?;/m1./s1. The molecule has 65 heavy (non-hydrogen) atoms. The van der Waals surface area contributed by atoms with Gasteiger partial charge in [-0.25, -0.2) is 0 Å². The Hall–Kier alpha value is -4.15. The van der Waals surface area contributed by atoms with Crippen LogP contribution < -0.4 is 36.2 Å². The molecule has 9 nitrogen and oxygen atoms in total. The van der Waals surface area contributed by atoms with Gasteiger partial charge >= 0.3 is 35.0 Å². The molecule has 1 unspecified atom stereocenters. The molecule has 3 aromatic rings. The molecule has 0 radical (unpaired) electrons. The number of aliphatic hydroxyl groups excluding tert-OH is 1. The van der Waals surface area contributed by atoms with Crippen molar-refractivity contribution in [3.8, 4) is 0 Å². The van der Waals surface area contributed by atoms with Crippen molar-refractivity contribution >= 4 is 70.6 Å². The fraction of sp³-hybridized carbons (Fsp3) is 0.564. The third kappa shape index (κ3) is 11.7. The number of esters is 2. The molecule has 0 aromatic carbocycles. The number of ether oxygens (including phenoxy) is 2. The molecule has 5 heterocycles. The van der Waals surface area contributed by atoms with Gasteiger partial charge in [0.25, 0.3) is 0 Å². The first-order chi connectivity index (χ1) is 30.6. The van der Waals surface area contributed by atoms with Gasteiger partial charge in [0.1, 0.15) is 18.3 Å². The minimum absolute atomic E-state index is 0. The van der Waals surface area contributed by atoms with Gasteiger partial charge in [0.15, 0.2) is 0 Å². The van der Waals surface area contributed by atoms with Crippen LogP contribution in [0.3, 0.4) is 0 Å². The van der Waals surface area contributed by atoms with Crippen LogP contribution in [0.2, 0.25) is 0 Å². The van der Waals surface area contributed by atoms with E-state index in [1.54, 1.807) is 0 Å². The molecule has 3 aromatic heterocycles. The normalized spacial score (nSPS) is 21.7. The van der Waals surface area contributed by atoms with Gasteiger partial charge in [-0.2, -0.15) is 5.70 Å². The maximum atomic E-state index is 13.6. The van der Waals surface area contributed by atoms with Crippen molar-refractivity contribution in [1.29, 1.82) is 0 Å². The molecule has 6 atom stereocenters. The number of aromatic nitrogens is 3. The van der Waals surface area contributed by atoms with E-state index in [9.17, 15) is 14.7 Å². The molecule has 0 spiro atoms. The summed E-state index contributed by atoms with van der Waals surface area (Å²) in [6.07, 6.45) is 22.6. The summed E-state index contributed by atoms with van der Waals surface area (Å²) in [7, 11) is 1.33. The quantitative estimate of drug-likeness (QED) is 0.0679. The summed E-state index contributed by atoms with van der Waals surface area (Å²) in [5.74, 6) is -0.00332. The Morgan fingerprint density at radius 2 is 1.49 bits per heavy atom. The Bertz CT molecular complexity index is 2510. The van der Waals surface area contributed by atoms with Gasteiger partial charge in [0.05, 0.1) is 7.11 Å². The van der Waals surface area contributed by atoms with Crippen molar-refractivity contribution in [2.24, 2.45) is 35.5 Å². The maximum Gasteiger partial charge on any atom is 2.00 e. The van der Waals surface area contributed by atoms with Crippen LogP contribution in [0, 0.1) is 56.3 Å². The first-order valence-corrected chi connectivity index (χ1v) is 24.2. The summed E-state index contributed by atoms with van der Waals surface area (Å²) in [4.78, 5) is 42.4. The first kappa shape index (κ1) is 51.8. The zero-order valence-electron chi connectivity index (χ0n) is 41.4. The average Bonchev–Trinajstić information content (AvgIpc) is 3.99. The molecule has 8 bridgehead atoms. The van der Waals surface area contributed by atoms with Crippen molar-refractivity contribution < 1.29 is 24.2 Å². The molecule has 1 aliphatic carbocycles. The SMILES string of the molecule is C=Cc1c2[n-]c(c1C)/C=C1\[N-]C(C3=c4[n-]c(c(C)c4=C(O)[C@@H]3C(=O)OC)/C=c3\[n-]/c(c(C)c3CC)=C\2)[C@@H](CCC(=O)OC/C=C(\C)CCC[C@H](C)CCC[C@H](C)CCCC(C)C)[C@@H]1C.[Mg+2]. The predicted molar refractivity (Wildman–Crippen MR) is 266 cm³/mol. The van der Waals surface area contributed by atoms with Gasteiger partial charge in [-0.15, -0.1) is 33.1 Å². The fourth-order valence-electron chi connectivity index (χ4n) is 10.4. The van der Waals surface area contributed by atoms with Crippen LogP contribution in [-0.4, -0.2) is 59.9 Å². The van der Waals surface area contributed by atoms with Gasteiger partial charge < -0.3 is 34.8 Å².